The number of nitrogens with one attached hydrogen (secondary N) is 3. The Kier molecular flexibility index (Phi) is 12.2. The summed E-state index contributed by atoms with van der Waals surface area (Å²) in [6.07, 6.45) is 7.78. The molecule has 0 unspecified atom stereocenters. The Morgan fingerprint density at radius 3 is 2.40 bits per heavy atom. The first kappa shape index (κ1) is 40.2. The summed E-state index contributed by atoms with van der Waals surface area (Å²) in [7, 11) is -3.90. The van der Waals surface area contributed by atoms with Crippen LogP contribution in [0.25, 0.3) is 22.2 Å². The summed E-state index contributed by atoms with van der Waals surface area (Å²) in [5.41, 5.74) is 2.71. The second kappa shape index (κ2) is 17.7. The minimum Gasteiger partial charge on any atom is -0.444 e. The van der Waals surface area contributed by atoms with Gasteiger partial charge in [-0.1, -0.05) is 91.2 Å². The highest BCUT2D eigenvalue weighted by molar-refractivity contribution is 7.90. The van der Waals surface area contributed by atoms with Crippen LogP contribution in [0.4, 0.5) is 21.2 Å². The van der Waals surface area contributed by atoms with Gasteiger partial charge < -0.3 is 20.1 Å². The van der Waals surface area contributed by atoms with Crippen molar-refractivity contribution in [1.82, 2.24) is 24.2 Å². The van der Waals surface area contributed by atoms with Crippen molar-refractivity contribution < 1.29 is 27.5 Å². The van der Waals surface area contributed by atoms with Gasteiger partial charge in [-0.25, -0.2) is 31.9 Å². The van der Waals surface area contributed by atoms with E-state index in [2.05, 4.69) is 25.9 Å². The van der Waals surface area contributed by atoms with E-state index in [4.69, 9.17) is 26.1 Å². The zero-order valence-corrected chi connectivity index (χ0v) is 33.7. The lowest BCUT2D eigenvalue weighted by Gasteiger charge is -2.35. The fourth-order valence-electron chi connectivity index (χ4n) is 7.33. The van der Waals surface area contributed by atoms with Gasteiger partial charge in [-0.3, -0.25) is 10.3 Å². The van der Waals surface area contributed by atoms with Gasteiger partial charge in [-0.2, -0.15) is 0 Å². The molecule has 6 aromatic rings. The van der Waals surface area contributed by atoms with Crippen LogP contribution in [0.3, 0.4) is 0 Å². The van der Waals surface area contributed by atoms with E-state index in [0.717, 1.165) is 31.2 Å². The fraction of sp³-hybridized carbons (Fsp3) is 0.279. The molecule has 0 spiro atoms. The van der Waals surface area contributed by atoms with Gasteiger partial charge in [0.25, 0.3) is 10.0 Å². The SMILES string of the molecule is CC(C)(C[C@H]1CCC[C@@H](Nc2ncc(Cl)c(-c3cn(S(=O)(=O)c4ccccc4)c4ccccc34)n2)C1)OC(=O)NCc1ccc(NC(=O)OCc2ccccc2)cn1. The Bertz CT molecular complexity index is 2480. The number of ether oxygens (including phenoxy) is 2. The molecule has 13 nitrogen and oxygen atoms in total. The topological polar surface area (TPSA) is 166 Å². The van der Waals surface area contributed by atoms with Crippen LogP contribution in [0, 0.1) is 5.92 Å². The highest BCUT2D eigenvalue weighted by Gasteiger charge is 2.31. The van der Waals surface area contributed by atoms with Gasteiger partial charge in [0.1, 0.15) is 12.2 Å². The zero-order chi connectivity index (χ0) is 40.7. The molecule has 15 heteroatoms. The third kappa shape index (κ3) is 9.93. The van der Waals surface area contributed by atoms with Crippen molar-refractivity contribution in [3.05, 3.63) is 132 Å². The number of anilines is 2. The second-order valence-electron chi connectivity index (χ2n) is 14.9. The smallest absolute Gasteiger partial charge is 0.412 e. The Labute approximate surface area is 342 Å². The van der Waals surface area contributed by atoms with Crippen LogP contribution in [0.5, 0.6) is 0 Å². The summed E-state index contributed by atoms with van der Waals surface area (Å²) < 4.78 is 39.8. The number of aromatic nitrogens is 4. The summed E-state index contributed by atoms with van der Waals surface area (Å²) in [5.74, 6) is 0.659. The molecule has 7 rings (SSSR count). The highest BCUT2D eigenvalue weighted by atomic mass is 35.5. The van der Waals surface area contributed by atoms with Crippen molar-refractivity contribution in [3.63, 3.8) is 0 Å². The molecule has 3 N–H and O–H groups in total. The lowest BCUT2D eigenvalue weighted by atomic mass is 9.80. The molecule has 1 saturated carbocycles. The first-order chi connectivity index (χ1) is 27.9. The van der Waals surface area contributed by atoms with Crippen molar-refractivity contribution in [1.29, 1.82) is 0 Å². The molecular weight excluding hydrogens is 778 g/mol. The van der Waals surface area contributed by atoms with Gasteiger partial charge in [0.05, 0.1) is 51.4 Å². The molecule has 3 aromatic heterocycles. The number of alkyl carbamates (subject to hydrolysis) is 1. The van der Waals surface area contributed by atoms with Gasteiger partial charge in [-0.15, -0.1) is 0 Å². The lowest BCUT2D eigenvalue weighted by molar-refractivity contribution is 0.0156. The monoisotopic (exact) mass is 821 g/mol. The molecule has 2 atom stereocenters. The summed E-state index contributed by atoms with van der Waals surface area (Å²) in [5, 5.41) is 9.90. The van der Waals surface area contributed by atoms with Crippen LogP contribution in [0.1, 0.15) is 57.2 Å². The number of hydrogen-bond donors (Lipinski definition) is 3. The maximum absolute atomic E-state index is 13.7. The lowest BCUT2D eigenvalue weighted by Crippen LogP contribution is -2.38. The van der Waals surface area contributed by atoms with Crippen LogP contribution < -0.4 is 16.0 Å². The molecule has 1 aliphatic rings. The average molecular weight is 822 g/mol. The molecule has 0 saturated heterocycles. The normalized spacial score (nSPS) is 15.7. The third-order valence-corrected chi connectivity index (χ3v) is 11.9. The number of benzene rings is 3. The van der Waals surface area contributed by atoms with Gasteiger partial charge >= 0.3 is 12.2 Å². The van der Waals surface area contributed by atoms with E-state index < -0.39 is 27.8 Å². The first-order valence-corrected chi connectivity index (χ1v) is 20.8. The molecule has 2 amide bonds. The molecule has 58 heavy (non-hydrogen) atoms. The van der Waals surface area contributed by atoms with E-state index in [0.29, 0.717) is 50.9 Å². The van der Waals surface area contributed by atoms with E-state index in [1.54, 1.807) is 60.8 Å². The Morgan fingerprint density at radius 2 is 1.64 bits per heavy atom. The van der Waals surface area contributed by atoms with E-state index in [1.807, 2.05) is 56.3 Å². The third-order valence-electron chi connectivity index (χ3n) is 9.94. The van der Waals surface area contributed by atoms with E-state index in [-0.39, 0.29) is 30.0 Å². The number of fused-ring (bicyclic) bond motifs is 1. The molecule has 0 radical (unpaired) electrons. The predicted octanol–water partition coefficient (Wildman–Crippen LogP) is 9.20. The molecule has 1 aliphatic carbocycles. The minimum absolute atomic E-state index is 0.0615. The molecule has 300 valence electrons. The van der Waals surface area contributed by atoms with Crippen molar-refractivity contribution in [2.24, 2.45) is 5.92 Å². The Morgan fingerprint density at radius 1 is 0.897 bits per heavy atom. The molecule has 3 aromatic carbocycles. The average Bonchev–Trinajstić information content (AvgIpc) is 3.61. The van der Waals surface area contributed by atoms with E-state index >= 15 is 0 Å². The molecule has 3 heterocycles. The fourth-order valence-corrected chi connectivity index (χ4v) is 8.91. The largest absolute Gasteiger partial charge is 0.444 e. The van der Waals surface area contributed by atoms with Crippen LogP contribution in [0.2, 0.25) is 5.02 Å². The summed E-state index contributed by atoms with van der Waals surface area (Å²) >= 11 is 6.68. The zero-order valence-electron chi connectivity index (χ0n) is 32.1. The Hall–Kier alpha value is -5.99. The van der Waals surface area contributed by atoms with E-state index in [9.17, 15) is 18.0 Å². The number of amides is 2. The van der Waals surface area contributed by atoms with Crippen LogP contribution in [-0.2, 0) is 32.6 Å². The van der Waals surface area contributed by atoms with Crippen molar-refractivity contribution >= 4 is 56.3 Å². The number of nitrogens with zero attached hydrogens (tertiary/aromatic N) is 4. The number of para-hydroxylation sites is 1. The van der Waals surface area contributed by atoms with Crippen LogP contribution in [-0.4, -0.2) is 51.2 Å². The first-order valence-electron chi connectivity index (χ1n) is 19.0. The number of carbonyl (C=O) groups excluding carboxylic acids is 2. The number of carbonyl (C=O) groups is 2. The van der Waals surface area contributed by atoms with Gasteiger partial charge in [-0.05, 0) is 74.9 Å². The number of pyridine rings is 1. The summed E-state index contributed by atoms with van der Waals surface area (Å²) in [6.45, 7) is 4.11. The van der Waals surface area contributed by atoms with Crippen molar-refractivity contribution in [3.8, 4) is 11.3 Å². The molecule has 0 aliphatic heterocycles. The highest BCUT2D eigenvalue weighted by Crippen LogP contribution is 2.37. The van der Waals surface area contributed by atoms with Crippen LogP contribution >= 0.6 is 11.6 Å². The summed E-state index contributed by atoms with van der Waals surface area (Å²) in [6, 6.07) is 28.4. The van der Waals surface area contributed by atoms with Crippen molar-refractivity contribution in [2.45, 2.75) is 75.6 Å². The quantitative estimate of drug-likeness (QED) is 0.102. The summed E-state index contributed by atoms with van der Waals surface area (Å²) in [4.78, 5) is 38.8. The number of rotatable bonds is 13. The number of hydrogen-bond acceptors (Lipinski definition) is 10. The van der Waals surface area contributed by atoms with Gasteiger partial charge in [0.2, 0.25) is 5.95 Å². The van der Waals surface area contributed by atoms with E-state index in [1.165, 1.54) is 16.4 Å². The van der Waals surface area contributed by atoms with Gasteiger partial charge in [0.15, 0.2) is 0 Å². The maximum Gasteiger partial charge on any atom is 0.412 e. The molecule has 0 bridgehead atoms. The Balaban J connectivity index is 0.923. The maximum atomic E-state index is 13.7. The molecular formula is C43H44ClN7O6S. The molecule has 1 fully saturated rings. The standard InChI is InChI=1S/C43H44ClN7O6S/c1-43(2,57-41(52)47-24-32-20-21-33(25-45-32)49-42(53)56-28-29-12-5-3-6-13-29)23-30-14-11-15-31(22-30)48-40-46-26-37(44)39(50-40)36-27-51(38-19-10-9-18-35(36)38)58(54,55)34-16-7-4-8-17-34/h3-10,12-13,16-21,25-27,30-31H,11,14-15,22-24,28H2,1-2H3,(H,47,52)(H,49,53)(H,46,48,50)/t30-,31+/m0/s1. The van der Waals surface area contributed by atoms with Gasteiger partial charge in [0, 0.05) is 23.2 Å². The van der Waals surface area contributed by atoms with Crippen molar-refractivity contribution in [2.75, 3.05) is 10.6 Å². The van der Waals surface area contributed by atoms with Crippen LogP contribution in [0.15, 0.2) is 121 Å². The minimum atomic E-state index is -3.90. The second-order valence-corrected chi connectivity index (χ2v) is 17.1. The predicted molar refractivity (Wildman–Crippen MR) is 223 cm³/mol. The number of halogens is 1.